The highest BCUT2D eigenvalue weighted by molar-refractivity contribution is 7.99. The van der Waals surface area contributed by atoms with E-state index in [-0.39, 0.29) is 11.3 Å². The number of methoxy groups -OCH3 is 1. The number of rotatable bonds is 7. The van der Waals surface area contributed by atoms with Crippen molar-refractivity contribution in [2.24, 2.45) is 23.7 Å². The number of nitrogens with zero attached hydrogens (tertiary/aromatic N) is 5. The Labute approximate surface area is 259 Å². The molecule has 6 fully saturated rings. The maximum absolute atomic E-state index is 14.3. The normalized spacial score (nSPS) is 32.5. The predicted octanol–water partition coefficient (Wildman–Crippen LogP) is 5.34. The minimum atomic E-state index is -0.155. The number of ether oxygens (including phenoxy) is 1. The molecular formula is C35H43N5O2S. The van der Waals surface area contributed by atoms with Crippen LogP contribution >= 0.6 is 11.8 Å². The van der Waals surface area contributed by atoms with E-state index < -0.39 is 0 Å². The molecule has 0 unspecified atom stereocenters. The first kappa shape index (κ1) is 27.8. The van der Waals surface area contributed by atoms with E-state index in [0.717, 1.165) is 85.3 Å². The highest BCUT2D eigenvalue weighted by Crippen LogP contribution is 2.55. The Balaban J connectivity index is 1.00. The quantitative estimate of drug-likeness (QED) is 0.341. The van der Waals surface area contributed by atoms with Crippen LogP contribution in [0, 0.1) is 23.7 Å². The minimum absolute atomic E-state index is 0.155. The minimum Gasteiger partial charge on any atom is -0.496 e. The van der Waals surface area contributed by atoms with Crippen LogP contribution in [0.15, 0.2) is 60.0 Å². The first-order valence-corrected chi connectivity index (χ1v) is 17.3. The smallest absolute Gasteiger partial charge is 0.240 e. The van der Waals surface area contributed by atoms with E-state index in [1.807, 2.05) is 6.07 Å². The molecule has 226 valence electrons. The molecule has 4 aliphatic carbocycles. The molecule has 0 radical (unpaired) electrons. The molecule has 8 heteroatoms. The third-order valence-corrected chi connectivity index (χ3v) is 12.4. The van der Waals surface area contributed by atoms with Crippen molar-refractivity contribution in [2.75, 3.05) is 39.8 Å². The third kappa shape index (κ3) is 5.33. The van der Waals surface area contributed by atoms with E-state index in [4.69, 9.17) is 4.74 Å². The Morgan fingerprint density at radius 2 is 1.60 bits per heavy atom. The topological polar surface area (TPSA) is 61.8 Å². The number of aromatic nitrogens is 2. The highest BCUT2D eigenvalue weighted by Gasteiger charge is 2.50. The van der Waals surface area contributed by atoms with Crippen molar-refractivity contribution in [3.05, 3.63) is 60.4 Å². The van der Waals surface area contributed by atoms with E-state index in [2.05, 4.69) is 61.1 Å². The van der Waals surface area contributed by atoms with Gasteiger partial charge in [-0.05, 0) is 85.1 Å². The summed E-state index contributed by atoms with van der Waals surface area (Å²) in [6, 6.07) is 15.1. The lowest BCUT2D eigenvalue weighted by Gasteiger charge is -2.58. The van der Waals surface area contributed by atoms with E-state index in [0.29, 0.717) is 12.5 Å². The van der Waals surface area contributed by atoms with Crippen LogP contribution in [0.1, 0.15) is 44.1 Å². The molecule has 0 spiro atoms. The van der Waals surface area contributed by atoms with Gasteiger partial charge in [0.05, 0.1) is 13.2 Å². The molecule has 4 bridgehead atoms. The molecule has 43 heavy (non-hydrogen) atoms. The summed E-state index contributed by atoms with van der Waals surface area (Å²) in [6.07, 6.45) is 11.7. The van der Waals surface area contributed by atoms with Crippen molar-refractivity contribution >= 4 is 28.4 Å². The lowest BCUT2D eigenvalue weighted by atomic mass is 9.54. The molecule has 4 saturated carbocycles. The first-order chi connectivity index (χ1) is 21.1. The number of amides is 1. The van der Waals surface area contributed by atoms with Gasteiger partial charge in [-0.3, -0.25) is 14.6 Å². The highest BCUT2D eigenvalue weighted by atomic mass is 32.2. The van der Waals surface area contributed by atoms with Gasteiger partial charge in [-0.2, -0.15) is 0 Å². The SMILES string of the molecule is COc1ccc2ccccc2c1CN1C[C@@H](Sc2ncccn2)C[C@H]1C(=O)N1CCN(C2C3CC4CC(C3)CC2C4)CC1. The molecular weight excluding hydrogens is 554 g/mol. The molecule has 1 amide bonds. The molecule has 2 atom stereocenters. The molecule has 1 aromatic heterocycles. The van der Waals surface area contributed by atoms with Crippen LogP contribution in [-0.4, -0.2) is 87.7 Å². The maximum Gasteiger partial charge on any atom is 0.240 e. The van der Waals surface area contributed by atoms with Crippen LogP contribution in [0.5, 0.6) is 5.75 Å². The van der Waals surface area contributed by atoms with E-state index in [1.54, 1.807) is 31.3 Å². The summed E-state index contributed by atoms with van der Waals surface area (Å²) in [5.41, 5.74) is 1.16. The molecule has 9 rings (SSSR count). The Kier molecular flexibility index (Phi) is 7.56. The Morgan fingerprint density at radius 1 is 0.884 bits per heavy atom. The van der Waals surface area contributed by atoms with Gasteiger partial charge >= 0.3 is 0 Å². The van der Waals surface area contributed by atoms with E-state index >= 15 is 0 Å². The molecule has 7 nitrogen and oxygen atoms in total. The lowest BCUT2D eigenvalue weighted by molar-refractivity contribution is -0.140. The maximum atomic E-state index is 14.3. The summed E-state index contributed by atoms with van der Waals surface area (Å²) in [5, 5.41) is 3.43. The molecule has 3 heterocycles. The first-order valence-electron chi connectivity index (χ1n) is 16.4. The van der Waals surface area contributed by atoms with Gasteiger partial charge in [-0.15, -0.1) is 0 Å². The number of likely N-dealkylation sites (tertiary alicyclic amines) is 1. The average Bonchev–Trinajstić information content (AvgIpc) is 3.43. The van der Waals surface area contributed by atoms with Crippen LogP contribution in [0.3, 0.4) is 0 Å². The number of benzene rings is 2. The number of hydrogen-bond acceptors (Lipinski definition) is 7. The fraction of sp³-hybridized carbons (Fsp3) is 0.571. The fourth-order valence-electron chi connectivity index (χ4n) is 9.69. The van der Waals surface area contributed by atoms with Crippen molar-refractivity contribution < 1.29 is 9.53 Å². The van der Waals surface area contributed by atoms with Gasteiger partial charge in [-0.25, -0.2) is 9.97 Å². The summed E-state index contributed by atoms with van der Waals surface area (Å²) in [5.74, 6) is 4.98. The van der Waals surface area contributed by atoms with Crippen molar-refractivity contribution in [3.63, 3.8) is 0 Å². The molecule has 2 aliphatic heterocycles. The number of carbonyl (C=O) groups is 1. The third-order valence-electron chi connectivity index (χ3n) is 11.3. The molecule has 0 N–H and O–H groups in total. The van der Waals surface area contributed by atoms with Crippen LogP contribution in [0.4, 0.5) is 0 Å². The van der Waals surface area contributed by atoms with Crippen LogP contribution < -0.4 is 4.74 Å². The largest absolute Gasteiger partial charge is 0.496 e. The number of thioether (sulfide) groups is 1. The van der Waals surface area contributed by atoms with Crippen LogP contribution in [-0.2, 0) is 11.3 Å². The Bertz CT molecular complexity index is 1430. The standard InChI is InChI=1S/C35H43N5O2S/c1-42-32-8-7-25-5-2-3-6-29(25)30(32)22-40-21-28(43-35-36-9-4-10-37-35)20-31(40)34(41)39-13-11-38(12-14-39)33-26-16-23-15-24(18-26)19-27(33)17-23/h2-10,23-24,26-28,31,33H,11-22H2,1H3/t23?,24?,26?,27?,28-,31-,33?/m0/s1. The molecule has 2 aromatic carbocycles. The van der Waals surface area contributed by atoms with Gasteiger partial charge in [0.1, 0.15) is 5.75 Å². The number of carbonyl (C=O) groups excluding carboxylic acids is 1. The van der Waals surface area contributed by atoms with Crippen LogP contribution in [0.25, 0.3) is 10.8 Å². The zero-order chi connectivity index (χ0) is 28.9. The second-order valence-corrected chi connectivity index (χ2v) is 15.0. The summed E-state index contributed by atoms with van der Waals surface area (Å²) in [7, 11) is 1.74. The molecule has 6 aliphatic rings. The lowest BCUT2D eigenvalue weighted by Crippen LogP contribution is -2.61. The summed E-state index contributed by atoms with van der Waals surface area (Å²) in [6.45, 7) is 5.25. The van der Waals surface area contributed by atoms with Crippen molar-refractivity contribution in [1.29, 1.82) is 0 Å². The van der Waals surface area contributed by atoms with Crippen molar-refractivity contribution in [3.8, 4) is 5.75 Å². The van der Waals surface area contributed by atoms with Crippen molar-refractivity contribution in [1.82, 2.24) is 24.7 Å². The Morgan fingerprint density at radius 3 is 2.33 bits per heavy atom. The summed E-state index contributed by atoms with van der Waals surface area (Å²) in [4.78, 5) is 30.7. The molecule has 2 saturated heterocycles. The second-order valence-electron chi connectivity index (χ2n) is 13.7. The fourth-order valence-corrected chi connectivity index (χ4v) is 10.8. The van der Waals surface area contributed by atoms with Gasteiger partial charge in [0.15, 0.2) is 5.16 Å². The summed E-state index contributed by atoms with van der Waals surface area (Å²) >= 11 is 1.70. The van der Waals surface area contributed by atoms with Gasteiger partial charge in [-0.1, -0.05) is 42.1 Å². The van der Waals surface area contributed by atoms with Gasteiger partial charge < -0.3 is 9.64 Å². The number of fused-ring (bicyclic) bond motifs is 1. The zero-order valence-electron chi connectivity index (χ0n) is 25.2. The van der Waals surface area contributed by atoms with Crippen LogP contribution in [0.2, 0.25) is 0 Å². The van der Waals surface area contributed by atoms with Crippen molar-refractivity contribution in [2.45, 2.75) is 67.6 Å². The number of hydrogen-bond donors (Lipinski definition) is 0. The Hall–Kier alpha value is -2.68. The monoisotopic (exact) mass is 597 g/mol. The summed E-state index contributed by atoms with van der Waals surface area (Å²) < 4.78 is 5.86. The molecule has 3 aromatic rings. The van der Waals surface area contributed by atoms with E-state index in [9.17, 15) is 4.79 Å². The van der Waals surface area contributed by atoms with Gasteiger partial charge in [0, 0.05) is 68.5 Å². The van der Waals surface area contributed by atoms with Gasteiger partial charge in [0.25, 0.3) is 0 Å². The van der Waals surface area contributed by atoms with Gasteiger partial charge in [0.2, 0.25) is 5.91 Å². The predicted molar refractivity (Wildman–Crippen MR) is 170 cm³/mol. The second kappa shape index (κ2) is 11.7. The zero-order valence-corrected chi connectivity index (χ0v) is 26.0. The average molecular weight is 598 g/mol. The van der Waals surface area contributed by atoms with E-state index in [1.165, 1.54) is 42.9 Å². The number of piperazine rings is 1.